The third-order valence-electron chi connectivity index (χ3n) is 4.94. The molecule has 4 rings (SSSR count). The van der Waals surface area contributed by atoms with Crippen LogP contribution in [-0.4, -0.2) is 17.5 Å². The van der Waals surface area contributed by atoms with Crippen LogP contribution in [0.3, 0.4) is 0 Å². The highest BCUT2D eigenvalue weighted by molar-refractivity contribution is 6.31. The molecule has 0 saturated carbocycles. The number of para-hydroxylation sites is 1. The normalized spacial score (nSPS) is 14.3. The number of furan rings is 1. The van der Waals surface area contributed by atoms with Crippen LogP contribution in [0.4, 0.5) is 5.69 Å². The minimum Gasteiger partial charge on any atom is -0.455 e. The molecule has 0 bridgehead atoms. The predicted octanol–water partition coefficient (Wildman–Crippen LogP) is 4.96. The van der Waals surface area contributed by atoms with Crippen LogP contribution in [0.1, 0.15) is 50.6 Å². The van der Waals surface area contributed by atoms with E-state index in [1.165, 1.54) is 0 Å². The van der Waals surface area contributed by atoms with Crippen molar-refractivity contribution in [3.63, 3.8) is 0 Å². The fourth-order valence-corrected chi connectivity index (χ4v) is 3.71. The highest BCUT2D eigenvalue weighted by Crippen LogP contribution is 2.30. The summed E-state index contributed by atoms with van der Waals surface area (Å²) in [6, 6.07) is 15.9. The van der Waals surface area contributed by atoms with Crippen molar-refractivity contribution in [2.75, 3.05) is 5.32 Å². The van der Waals surface area contributed by atoms with Gasteiger partial charge in [-0.1, -0.05) is 35.9 Å². The lowest BCUT2D eigenvalue weighted by Crippen LogP contribution is -2.22. The Balaban J connectivity index is 1.57. The molecule has 0 fully saturated rings. The van der Waals surface area contributed by atoms with E-state index in [0.717, 1.165) is 18.4 Å². The third kappa shape index (κ3) is 4.14. The van der Waals surface area contributed by atoms with Gasteiger partial charge in [-0.15, -0.1) is 0 Å². The molecule has 0 radical (unpaired) electrons. The number of aryl methyl sites for hydroxylation is 1. The summed E-state index contributed by atoms with van der Waals surface area (Å²) in [7, 11) is 0. The zero-order chi connectivity index (χ0) is 21.1. The fourth-order valence-electron chi connectivity index (χ4n) is 3.52. The summed E-state index contributed by atoms with van der Waals surface area (Å²) in [6.45, 7) is 1.84. The lowest BCUT2D eigenvalue weighted by molar-refractivity contribution is 0.0953. The number of carbonyl (C=O) groups excluding carboxylic acids is 2. The molecule has 0 aliphatic heterocycles. The second-order valence-electron chi connectivity index (χ2n) is 7.04. The molecule has 0 unspecified atom stereocenters. The van der Waals surface area contributed by atoms with Crippen LogP contribution in [0.5, 0.6) is 0 Å². The van der Waals surface area contributed by atoms with Gasteiger partial charge in [0.1, 0.15) is 5.76 Å². The summed E-state index contributed by atoms with van der Waals surface area (Å²) in [6.07, 6.45) is 2.23. The van der Waals surface area contributed by atoms with Crippen LogP contribution in [0.2, 0.25) is 5.02 Å². The lowest BCUT2D eigenvalue weighted by Gasteiger charge is -2.13. The van der Waals surface area contributed by atoms with Crippen molar-refractivity contribution in [2.45, 2.75) is 26.2 Å². The van der Waals surface area contributed by atoms with E-state index >= 15 is 0 Å². The molecule has 0 saturated heterocycles. The molecule has 0 spiro atoms. The van der Waals surface area contributed by atoms with Crippen molar-refractivity contribution < 1.29 is 14.0 Å². The standard InChI is InChI=1S/C23H20ClN3O3/c1-14-20-18(26-27-22(28)15-7-5-8-16(24)13-15)11-6-12-19(20)30-21(14)23(29)25-17-9-3-2-4-10-17/h2-5,7-10,13H,6,11-12H2,1H3,(H,25,29)(H,27,28)/b26-18+. The minimum absolute atomic E-state index is 0.264. The first-order chi connectivity index (χ1) is 14.5. The monoisotopic (exact) mass is 421 g/mol. The molecule has 6 nitrogen and oxygen atoms in total. The number of benzene rings is 2. The molecule has 1 aromatic heterocycles. The van der Waals surface area contributed by atoms with Gasteiger partial charge in [-0.2, -0.15) is 5.10 Å². The summed E-state index contributed by atoms with van der Waals surface area (Å²) < 4.78 is 5.89. The Hall–Kier alpha value is -3.38. The van der Waals surface area contributed by atoms with Gasteiger partial charge in [-0.25, -0.2) is 5.43 Å². The number of anilines is 1. The first kappa shape index (κ1) is 19.9. The maximum atomic E-state index is 12.7. The van der Waals surface area contributed by atoms with Gasteiger partial charge in [0, 0.05) is 33.8 Å². The van der Waals surface area contributed by atoms with Gasteiger partial charge in [0.05, 0.1) is 5.71 Å². The average molecular weight is 422 g/mol. The smallest absolute Gasteiger partial charge is 0.291 e. The molecular weight excluding hydrogens is 402 g/mol. The Morgan fingerprint density at radius 2 is 1.83 bits per heavy atom. The van der Waals surface area contributed by atoms with Gasteiger partial charge in [0.15, 0.2) is 5.76 Å². The van der Waals surface area contributed by atoms with E-state index in [1.54, 1.807) is 24.3 Å². The van der Waals surface area contributed by atoms with Gasteiger partial charge in [-0.05, 0) is 50.1 Å². The van der Waals surface area contributed by atoms with Crippen molar-refractivity contribution >= 4 is 34.8 Å². The summed E-state index contributed by atoms with van der Waals surface area (Å²) in [5.41, 5.74) is 5.92. The van der Waals surface area contributed by atoms with Crippen LogP contribution in [0.25, 0.3) is 0 Å². The molecular formula is C23H20ClN3O3. The largest absolute Gasteiger partial charge is 0.455 e. The number of carbonyl (C=O) groups is 2. The molecule has 2 aromatic carbocycles. The van der Waals surface area contributed by atoms with Crippen LogP contribution in [-0.2, 0) is 6.42 Å². The number of hydrogen-bond acceptors (Lipinski definition) is 4. The maximum absolute atomic E-state index is 12.7. The van der Waals surface area contributed by atoms with Gasteiger partial charge < -0.3 is 9.73 Å². The number of nitrogens with zero attached hydrogens (tertiary/aromatic N) is 1. The van der Waals surface area contributed by atoms with Crippen LogP contribution < -0.4 is 10.7 Å². The second-order valence-corrected chi connectivity index (χ2v) is 7.47. The van der Waals surface area contributed by atoms with Gasteiger partial charge in [-0.3, -0.25) is 9.59 Å². The number of rotatable bonds is 4. The van der Waals surface area contributed by atoms with E-state index in [4.69, 9.17) is 16.0 Å². The first-order valence-electron chi connectivity index (χ1n) is 9.64. The molecule has 7 heteroatoms. The van der Waals surface area contributed by atoms with Crippen molar-refractivity contribution in [3.05, 3.63) is 87.8 Å². The van der Waals surface area contributed by atoms with Crippen molar-refractivity contribution in [1.82, 2.24) is 5.43 Å². The summed E-state index contributed by atoms with van der Waals surface area (Å²) in [5, 5.41) is 7.66. The van der Waals surface area contributed by atoms with E-state index < -0.39 is 0 Å². The molecule has 0 atom stereocenters. The fraction of sp³-hybridized carbons (Fsp3) is 0.174. The van der Waals surface area contributed by atoms with Crippen LogP contribution >= 0.6 is 11.6 Å². The Kier molecular flexibility index (Phi) is 5.68. The predicted molar refractivity (Wildman–Crippen MR) is 116 cm³/mol. The molecule has 3 aromatic rings. The molecule has 2 amide bonds. The number of hydrazone groups is 1. The van der Waals surface area contributed by atoms with Gasteiger partial charge in [0.2, 0.25) is 0 Å². The Bertz CT molecular complexity index is 1140. The minimum atomic E-state index is -0.347. The van der Waals surface area contributed by atoms with E-state index in [0.29, 0.717) is 39.7 Å². The molecule has 1 heterocycles. The number of fused-ring (bicyclic) bond motifs is 1. The Morgan fingerprint density at radius 1 is 1.03 bits per heavy atom. The zero-order valence-electron chi connectivity index (χ0n) is 16.4. The number of amides is 2. The summed E-state index contributed by atoms with van der Waals surface area (Å²) in [5.74, 6) is 0.322. The first-order valence-corrected chi connectivity index (χ1v) is 10.0. The van der Waals surface area contributed by atoms with Gasteiger partial charge in [0.25, 0.3) is 11.8 Å². The van der Waals surface area contributed by atoms with Crippen molar-refractivity contribution in [3.8, 4) is 0 Å². The van der Waals surface area contributed by atoms with Crippen LogP contribution in [0, 0.1) is 6.92 Å². The topological polar surface area (TPSA) is 83.7 Å². The molecule has 2 N–H and O–H groups in total. The average Bonchev–Trinajstić information content (AvgIpc) is 3.10. The number of nitrogens with one attached hydrogen (secondary N) is 2. The maximum Gasteiger partial charge on any atom is 0.291 e. The van der Waals surface area contributed by atoms with Crippen molar-refractivity contribution in [1.29, 1.82) is 0 Å². The third-order valence-corrected chi connectivity index (χ3v) is 5.18. The molecule has 1 aliphatic rings. The lowest BCUT2D eigenvalue weighted by atomic mass is 9.93. The molecule has 152 valence electrons. The SMILES string of the molecule is Cc1c(C(=O)Nc2ccccc2)oc2c1/C(=N/NC(=O)c1cccc(Cl)c1)CCC2. The van der Waals surface area contributed by atoms with E-state index in [-0.39, 0.29) is 17.6 Å². The highest BCUT2D eigenvalue weighted by atomic mass is 35.5. The Labute approximate surface area is 178 Å². The number of hydrogen-bond donors (Lipinski definition) is 2. The zero-order valence-corrected chi connectivity index (χ0v) is 17.1. The molecule has 1 aliphatic carbocycles. The summed E-state index contributed by atoms with van der Waals surface area (Å²) in [4.78, 5) is 25.1. The van der Waals surface area contributed by atoms with E-state index in [1.807, 2.05) is 37.3 Å². The van der Waals surface area contributed by atoms with Crippen LogP contribution in [0.15, 0.2) is 64.1 Å². The van der Waals surface area contributed by atoms with Crippen molar-refractivity contribution in [2.24, 2.45) is 5.10 Å². The van der Waals surface area contributed by atoms with Gasteiger partial charge >= 0.3 is 0 Å². The second kappa shape index (κ2) is 8.55. The quantitative estimate of drug-likeness (QED) is 0.583. The molecule has 30 heavy (non-hydrogen) atoms. The van der Waals surface area contributed by atoms with E-state index in [9.17, 15) is 9.59 Å². The summed E-state index contributed by atoms with van der Waals surface area (Å²) >= 11 is 5.95. The van der Waals surface area contributed by atoms with E-state index in [2.05, 4.69) is 15.8 Å². The number of halogens is 1. The highest BCUT2D eigenvalue weighted by Gasteiger charge is 2.28. The Morgan fingerprint density at radius 3 is 2.60 bits per heavy atom.